The lowest BCUT2D eigenvalue weighted by molar-refractivity contribution is 0.207. The van der Waals surface area contributed by atoms with Crippen molar-refractivity contribution in [2.45, 2.75) is 85.6 Å². The molecule has 1 aliphatic rings. The first kappa shape index (κ1) is 19.0. The van der Waals surface area contributed by atoms with E-state index in [2.05, 4.69) is 44.8 Å². The lowest BCUT2D eigenvalue weighted by Crippen LogP contribution is -2.31. The van der Waals surface area contributed by atoms with Crippen LogP contribution in [0.3, 0.4) is 0 Å². The Balaban J connectivity index is 2.23. The molecule has 0 spiro atoms. The van der Waals surface area contributed by atoms with Crippen LogP contribution in [0.5, 0.6) is 0 Å². The molecule has 2 nitrogen and oxygen atoms in total. The second-order valence-corrected chi connectivity index (χ2v) is 8.04. The van der Waals surface area contributed by atoms with E-state index >= 15 is 0 Å². The molecule has 0 aromatic rings. The summed E-state index contributed by atoms with van der Waals surface area (Å²) >= 11 is 0. The van der Waals surface area contributed by atoms with Gasteiger partial charge in [0.05, 0.1) is 0 Å². The summed E-state index contributed by atoms with van der Waals surface area (Å²) in [5.41, 5.74) is 0.493. The van der Waals surface area contributed by atoms with Gasteiger partial charge in [-0.2, -0.15) is 0 Å². The zero-order valence-electron chi connectivity index (χ0n) is 15.4. The topological polar surface area (TPSA) is 15.3 Å². The highest BCUT2D eigenvalue weighted by molar-refractivity contribution is 4.79. The number of hydrogen-bond donors (Lipinski definition) is 1. The minimum absolute atomic E-state index is 0.493. The third-order valence-corrected chi connectivity index (χ3v) is 5.25. The Hall–Kier alpha value is -0.0800. The molecule has 1 N–H and O–H groups in total. The average Bonchev–Trinajstić information content (AvgIpc) is 2.68. The van der Waals surface area contributed by atoms with Gasteiger partial charge < -0.3 is 10.2 Å². The lowest BCUT2D eigenvalue weighted by Gasteiger charge is -2.30. The zero-order chi connectivity index (χ0) is 15.7. The van der Waals surface area contributed by atoms with Crippen molar-refractivity contribution >= 4 is 0 Å². The molecular weight excluding hydrogens is 256 g/mol. The largest absolute Gasteiger partial charge is 0.314 e. The normalized spacial score (nSPS) is 23.0. The summed E-state index contributed by atoms with van der Waals surface area (Å²) in [6.45, 7) is 16.9. The standard InChI is InChI=1S/C19H40N2/c1-6-13-20-18(7-2)11-9-15-21-14-8-10-17(12-16-21)19(3,4)5/h17-18,20H,6-16H2,1-5H3. The van der Waals surface area contributed by atoms with E-state index in [1.54, 1.807) is 0 Å². The maximum absolute atomic E-state index is 3.68. The molecule has 21 heavy (non-hydrogen) atoms. The highest BCUT2D eigenvalue weighted by atomic mass is 15.1. The number of likely N-dealkylation sites (tertiary alicyclic amines) is 1. The van der Waals surface area contributed by atoms with Crippen LogP contribution in [0, 0.1) is 11.3 Å². The van der Waals surface area contributed by atoms with Crippen LogP contribution >= 0.6 is 0 Å². The molecule has 0 radical (unpaired) electrons. The monoisotopic (exact) mass is 296 g/mol. The molecule has 0 amide bonds. The summed E-state index contributed by atoms with van der Waals surface area (Å²) < 4.78 is 0. The fraction of sp³-hybridized carbons (Fsp3) is 1.00. The van der Waals surface area contributed by atoms with Crippen molar-refractivity contribution in [3.63, 3.8) is 0 Å². The van der Waals surface area contributed by atoms with Crippen LogP contribution in [-0.2, 0) is 0 Å². The van der Waals surface area contributed by atoms with Gasteiger partial charge in [-0.15, -0.1) is 0 Å². The van der Waals surface area contributed by atoms with E-state index in [1.165, 1.54) is 71.1 Å². The number of nitrogens with one attached hydrogen (secondary N) is 1. The number of hydrogen-bond acceptors (Lipinski definition) is 2. The summed E-state index contributed by atoms with van der Waals surface area (Å²) in [6, 6.07) is 0.735. The Labute approximate surface area is 134 Å². The van der Waals surface area contributed by atoms with E-state index in [0.717, 1.165) is 12.0 Å². The molecule has 0 saturated carbocycles. The second kappa shape index (κ2) is 9.84. The summed E-state index contributed by atoms with van der Waals surface area (Å²) in [7, 11) is 0. The van der Waals surface area contributed by atoms with Crippen molar-refractivity contribution in [1.82, 2.24) is 10.2 Å². The van der Waals surface area contributed by atoms with E-state index < -0.39 is 0 Å². The summed E-state index contributed by atoms with van der Waals surface area (Å²) in [6.07, 6.45) is 9.44. The zero-order valence-corrected chi connectivity index (χ0v) is 15.4. The summed E-state index contributed by atoms with van der Waals surface area (Å²) in [5, 5.41) is 3.68. The van der Waals surface area contributed by atoms with Gasteiger partial charge in [-0.25, -0.2) is 0 Å². The maximum atomic E-state index is 3.68. The minimum Gasteiger partial charge on any atom is -0.314 e. The molecule has 126 valence electrons. The van der Waals surface area contributed by atoms with E-state index in [0.29, 0.717) is 5.41 Å². The van der Waals surface area contributed by atoms with Crippen LogP contribution in [0.4, 0.5) is 0 Å². The van der Waals surface area contributed by atoms with Crippen molar-refractivity contribution in [3.05, 3.63) is 0 Å². The van der Waals surface area contributed by atoms with Gasteiger partial charge in [0.25, 0.3) is 0 Å². The van der Waals surface area contributed by atoms with Gasteiger partial charge in [0.2, 0.25) is 0 Å². The van der Waals surface area contributed by atoms with Crippen molar-refractivity contribution in [2.24, 2.45) is 11.3 Å². The molecule has 0 aliphatic carbocycles. The molecule has 2 heteroatoms. The first-order valence-electron chi connectivity index (χ1n) is 9.43. The molecule has 1 fully saturated rings. The molecule has 0 bridgehead atoms. The SMILES string of the molecule is CCCNC(CC)CCCN1CCCC(C(C)(C)C)CC1. The van der Waals surface area contributed by atoms with Crippen LogP contribution in [0.2, 0.25) is 0 Å². The maximum Gasteiger partial charge on any atom is 0.00649 e. The van der Waals surface area contributed by atoms with Crippen molar-refractivity contribution in [1.29, 1.82) is 0 Å². The fourth-order valence-electron chi connectivity index (χ4n) is 3.61. The molecule has 1 heterocycles. The Bertz CT molecular complexity index is 257. The molecule has 0 aromatic carbocycles. The third-order valence-electron chi connectivity index (χ3n) is 5.25. The van der Waals surface area contributed by atoms with Crippen molar-refractivity contribution < 1.29 is 0 Å². The minimum atomic E-state index is 0.493. The van der Waals surface area contributed by atoms with Gasteiger partial charge in [-0.1, -0.05) is 34.6 Å². The van der Waals surface area contributed by atoms with Gasteiger partial charge in [-0.05, 0) is 82.5 Å². The van der Waals surface area contributed by atoms with Crippen LogP contribution in [0.15, 0.2) is 0 Å². The van der Waals surface area contributed by atoms with E-state index in [1.807, 2.05) is 0 Å². The predicted octanol–water partition coefficient (Wildman–Crippen LogP) is 4.69. The molecule has 1 saturated heterocycles. The van der Waals surface area contributed by atoms with Crippen molar-refractivity contribution in [3.8, 4) is 0 Å². The Morgan fingerprint density at radius 1 is 1.14 bits per heavy atom. The summed E-state index contributed by atoms with van der Waals surface area (Å²) in [5.74, 6) is 0.914. The van der Waals surface area contributed by atoms with E-state index in [-0.39, 0.29) is 0 Å². The predicted molar refractivity (Wildman–Crippen MR) is 94.8 cm³/mol. The van der Waals surface area contributed by atoms with Gasteiger partial charge in [-0.3, -0.25) is 0 Å². The highest BCUT2D eigenvalue weighted by Gasteiger charge is 2.26. The van der Waals surface area contributed by atoms with Crippen LogP contribution in [-0.4, -0.2) is 37.1 Å². The van der Waals surface area contributed by atoms with Crippen LogP contribution < -0.4 is 5.32 Å². The van der Waals surface area contributed by atoms with Crippen molar-refractivity contribution in [2.75, 3.05) is 26.2 Å². The highest BCUT2D eigenvalue weighted by Crippen LogP contribution is 2.34. The quantitative estimate of drug-likeness (QED) is 0.699. The molecule has 1 aliphatic heterocycles. The van der Waals surface area contributed by atoms with E-state index in [9.17, 15) is 0 Å². The number of rotatable bonds is 8. The van der Waals surface area contributed by atoms with Gasteiger partial charge in [0, 0.05) is 6.04 Å². The van der Waals surface area contributed by atoms with E-state index in [4.69, 9.17) is 0 Å². The van der Waals surface area contributed by atoms with Crippen LogP contribution in [0.25, 0.3) is 0 Å². The van der Waals surface area contributed by atoms with Gasteiger partial charge in [0.15, 0.2) is 0 Å². The summed E-state index contributed by atoms with van der Waals surface area (Å²) in [4.78, 5) is 2.72. The third kappa shape index (κ3) is 7.65. The Morgan fingerprint density at radius 3 is 2.52 bits per heavy atom. The first-order chi connectivity index (χ1) is 9.97. The van der Waals surface area contributed by atoms with Crippen LogP contribution in [0.1, 0.15) is 79.6 Å². The van der Waals surface area contributed by atoms with Gasteiger partial charge in [0.1, 0.15) is 0 Å². The smallest absolute Gasteiger partial charge is 0.00649 e. The molecular formula is C19H40N2. The molecule has 0 aromatic heterocycles. The molecule has 2 atom stereocenters. The Kier molecular flexibility index (Phi) is 8.89. The first-order valence-corrected chi connectivity index (χ1v) is 9.43. The second-order valence-electron chi connectivity index (χ2n) is 8.04. The lowest BCUT2D eigenvalue weighted by atomic mass is 9.77. The average molecular weight is 297 g/mol. The number of nitrogens with zero attached hydrogens (tertiary/aromatic N) is 1. The Morgan fingerprint density at radius 2 is 1.90 bits per heavy atom. The molecule has 2 unspecified atom stereocenters. The molecule has 1 rings (SSSR count). The fourth-order valence-corrected chi connectivity index (χ4v) is 3.61. The van der Waals surface area contributed by atoms with Gasteiger partial charge >= 0.3 is 0 Å².